The quantitative estimate of drug-likeness (QED) is 0.390. The smallest absolute Gasteiger partial charge is 0.344 e. The molecular weight excluding hydrogens is 338 g/mol. The molecule has 3 rings (SSSR count). The van der Waals surface area contributed by atoms with Crippen LogP contribution in [0.2, 0.25) is 0 Å². The summed E-state index contributed by atoms with van der Waals surface area (Å²) in [7, 11) is 0. The Morgan fingerprint density at radius 2 is 1.88 bits per heavy atom. The molecule has 0 saturated heterocycles. The minimum absolute atomic E-state index is 0.0868. The number of nitrogens with zero attached hydrogens (tertiary/aromatic N) is 2. The summed E-state index contributed by atoms with van der Waals surface area (Å²) >= 11 is 0.303. The van der Waals surface area contributed by atoms with Crippen LogP contribution in [0.5, 0.6) is 5.75 Å². The Labute approximate surface area is 139 Å². The summed E-state index contributed by atoms with van der Waals surface area (Å²) in [5.74, 6) is -2.71. The molecule has 5 nitrogen and oxygen atoms in total. The van der Waals surface area contributed by atoms with Crippen LogP contribution in [-0.2, 0) is 0 Å². The number of hydrogen-bond acceptors (Lipinski definition) is 6. The first-order valence-corrected chi connectivity index (χ1v) is 7.64. The number of aromatic nitrogens is 2. The van der Waals surface area contributed by atoms with Crippen molar-refractivity contribution in [1.29, 1.82) is 0 Å². The van der Waals surface area contributed by atoms with Crippen LogP contribution in [-0.4, -0.2) is 21.9 Å². The Morgan fingerprint density at radius 3 is 2.54 bits per heavy atom. The van der Waals surface area contributed by atoms with Gasteiger partial charge in [0.05, 0.1) is 5.56 Å². The maximum absolute atomic E-state index is 12.6. The lowest BCUT2D eigenvalue weighted by molar-refractivity contribution is 0.0731. The van der Waals surface area contributed by atoms with Crippen molar-refractivity contribution in [3.8, 4) is 17.2 Å². The number of rotatable bonds is 5. The molecule has 0 aliphatic rings. The molecule has 8 heteroatoms. The monoisotopic (exact) mass is 348 g/mol. The lowest BCUT2D eigenvalue weighted by atomic mass is 10.2. The van der Waals surface area contributed by atoms with E-state index in [9.17, 15) is 13.6 Å². The third kappa shape index (κ3) is 3.77. The van der Waals surface area contributed by atoms with Crippen molar-refractivity contribution in [2.45, 2.75) is 10.7 Å². The first-order chi connectivity index (χ1) is 11.6. The van der Waals surface area contributed by atoms with E-state index in [4.69, 9.17) is 9.15 Å². The molecule has 0 spiro atoms. The van der Waals surface area contributed by atoms with Crippen LogP contribution in [0.15, 0.2) is 64.2 Å². The van der Waals surface area contributed by atoms with Crippen molar-refractivity contribution in [2.75, 3.05) is 0 Å². The molecule has 0 N–H and O–H groups in total. The van der Waals surface area contributed by atoms with Crippen LogP contribution in [0.4, 0.5) is 8.78 Å². The molecule has 0 aliphatic heterocycles. The summed E-state index contributed by atoms with van der Waals surface area (Å²) in [5, 5.41) is 7.34. The van der Waals surface area contributed by atoms with Gasteiger partial charge >= 0.3 is 5.97 Å². The Hall–Kier alpha value is -2.74. The van der Waals surface area contributed by atoms with Crippen LogP contribution in [0, 0.1) is 0 Å². The van der Waals surface area contributed by atoms with Gasteiger partial charge < -0.3 is 9.15 Å². The second-order valence-electron chi connectivity index (χ2n) is 4.53. The number of carbonyl (C=O) groups excluding carboxylic acids is 1. The maximum atomic E-state index is 12.6. The van der Waals surface area contributed by atoms with Crippen molar-refractivity contribution in [3.63, 3.8) is 0 Å². The van der Waals surface area contributed by atoms with E-state index >= 15 is 0 Å². The lowest BCUT2D eigenvalue weighted by Gasteiger charge is -2.08. The number of halogens is 2. The summed E-state index contributed by atoms with van der Waals surface area (Å²) in [4.78, 5) is 12.4. The Balaban J connectivity index is 1.75. The van der Waals surface area contributed by atoms with E-state index in [1.54, 1.807) is 36.4 Å². The van der Waals surface area contributed by atoms with E-state index in [-0.39, 0.29) is 16.2 Å². The van der Waals surface area contributed by atoms with Gasteiger partial charge in [0.1, 0.15) is 5.75 Å². The topological polar surface area (TPSA) is 65.2 Å². The molecule has 2 aromatic carbocycles. The van der Waals surface area contributed by atoms with Crippen molar-refractivity contribution >= 4 is 17.7 Å². The zero-order valence-corrected chi connectivity index (χ0v) is 12.9. The van der Waals surface area contributed by atoms with Gasteiger partial charge in [0.25, 0.3) is 5.76 Å². The van der Waals surface area contributed by atoms with Gasteiger partial charge in [-0.2, -0.15) is 8.78 Å². The second-order valence-corrected chi connectivity index (χ2v) is 5.56. The highest BCUT2D eigenvalue weighted by Gasteiger charge is 2.17. The van der Waals surface area contributed by atoms with E-state index in [0.29, 0.717) is 23.2 Å². The summed E-state index contributed by atoms with van der Waals surface area (Å²) in [5.41, 5.74) is 0.754. The molecule has 0 fully saturated rings. The standard InChI is InChI=1S/C16H10F2N2O3S/c17-16(18)24-13-4-2-1-3-12(13)15(21)23-11-7-5-10(6-8-11)14-20-19-9-22-14/h1-9,16H. The zero-order valence-electron chi connectivity index (χ0n) is 12.1. The van der Waals surface area contributed by atoms with E-state index < -0.39 is 11.7 Å². The number of esters is 1. The van der Waals surface area contributed by atoms with Crippen molar-refractivity contribution in [2.24, 2.45) is 0 Å². The first kappa shape index (κ1) is 16.1. The van der Waals surface area contributed by atoms with Crippen LogP contribution < -0.4 is 4.74 Å². The summed E-state index contributed by atoms with van der Waals surface area (Å²) in [6.07, 6.45) is 1.21. The van der Waals surface area contributed by atoms with Gasteiger partial charge in [-0.15, -0.1) is 10.2 Å². The van der Waals surface area contributed by atoms with Gasteiger partial charge in [-0.1, -0.05) is 23.9 Å². The Kier molecular flexibility index (Phi) is 4.85. The van der Waals surface area contributed by atoms with Gasteiger partial charge in [0.15, 0.2) is 0 Å². The number of alkyl halides is 2. The molecule has 1 heterocycles. The SMILES string of the molecule is O=C(Oc1ccc(-c2nnco2)cc1)c1ccccc1SC(F)F. The first-order valence-electron chi connectivity index (χ1n) is 6.76. The van der Waals surface area contributed by atoms with E-state index in [1.807, 2.05) is 0 Å². The zero-order chi connectivity index (χ0) is 16.9. The minimum Gasteiger partial charge on any atom is -0.423 e. The number of hydrogen-bond donors (Lipinski definition) is 0. The molecule has 0 unspecified atom stereocenters. The van der Waals surface area contributed by atoms with Crippen LogP contribution in [0.3, 0.4) is 0 Å². The number of carbonyl (C=O) groups is 1. The van der Waals surface area contributed by atoms with E-state index in [0.717, 1.165) is 0 Å². The van der Waals surface area contributed by atoms with E-state index in [1.165, 1.54) is 18.5 Å². The molecule has 0 aliphatic carbocycles. The van der Waals surface area contributed by atoms with Crippen molar-refractivity contribution < 1.29 is 22.7 Å². The molecule has 0 radical (unpaired) electrons. The van der Waals surface area contributed by atoms with Gasteiger partial charge in [-0.05, 0) is 36.4 Å². The van der Waals surface area contributed by atoms with Crippen molar-refractivity contribution in [1.82, 2.24) is 10.2 Å². The molecule has 3 aromatic rings. The highest BCUT2D eigenvalue weighted by molar-refractivity contribution is 7.99. The number of benzene rings is 2. The molecule has 0 bridgehead atoms. The molecule has 24 heavy (non-hydrogen) atoms. The average molecular weight is 348 g/mol. The lowest BCUT2D eigenvalue weighted by Crippen LogP contribution is -2.10. The average Bonchev–Trinajstić information content (AvgIpc) is 3.10. The third-order valence-corrected chi connectivity index (χ3v) is 3.78. The van der Waals surface area contributed by atoms with E-state index in [2.05, 4.69) is 10.2 Å². The van der Waals surface area contributed by atoms with Crippen molar-refractivity contribution in [3.05, 3.63) is 60.5 Å². The predicted molar refractivity (Wildman–Crippen MR) is 83.0 cm³/mol. The predicted octanol–water partition coefficient (Wildman–Crippen LogP) is 4.27. The summed E-state index contributed by atoms with van der Waals surface area (Å²) in [6, 6.07) is 12.5. The normalized spacial score (nSPS) is 10.8. The van der Waals surface area contributed by atoms with Gasteiger partial charge in [0.2, 0.25) is 12.3 Å². The Bertz CT molecular complexity index is 824. The van der Waals surface area contributed by atoms with Crippen LogP contribution in [0.1, 0.15) is 10.4 Å². The number of ether oxygens (including phenoxy) is 1. The molecule has 0 amide bonds. The van der Waals surface area contributed by atoms with Gasteiger partial charge in [0, 0.05) is 10.5 Å². The molecule has 0 saturated carbocycles. The van der Waals surface area contributed by atoms with Crippen LogP contribution >= 0.6 is 11.8 Å². The highest BCUT2D eigenvalue weighted by Crippen LogP contribution is 2.29. The fourth-order valence-electron chi connectivity index (χ4n) is 1.96. The summed E-state index contributed by atoms with van der Waals surface area (Å²) < 4.78 is 35.4. The Morgan fingerprint density at radius 1 is 1.12 bits per heavy atom. The van der Waals surface area contributed by atoms with Crippen LogP contribution in [0.25, 0.3) is 11.5 Å². The molecule has 1 aromatic heterocycles. The largest absolute Gasteiger partial charge is 0.423 e. The molecule has 0 atom stereocenters. The second kappa shape index (κ2) is 7.22. The fraction of sp³-hybridized carbons (Fsp3) is 0.0625. The highest BCUT2D eigenvalue weighted by atomic mass is 32.2. The minimum atomic E-state index is -2.62. The summed E-state index contributed by atoms with van der Waals surface area (Å²) in [6.45, 7) is 0. The molecule has 122 valence electrons. The van der Waals surface area contributed by atoms with Gasteiger partial charge in [-0.3, -0.25) is 0 Å². The number of thioether (sulfide) groups is 1. The molecular formula is C16H10F2N2O3S. The fourth-order valence-corrected chi connectivity index (χ4v) is 2.59. The van der Waals surface area contributed by atoms with Gasteiger partial charge in [-0.25, -0.2) is 4.79 Å². The third-order valence-electron chi connectivity index (χ3n) is 2.99. The maximum Gasteiger partial charge on any atom is 0.344 e.